The Bertz CT molecular complexity index is 1010. The summed E-state index contributed by atoms with van der Waals surface area (Å²) in [5, 5.41) is 7.73. The minimum Gasteiger partial charge on any atom is -0.481 e. The molecule has 27 heavy (non-hydrogen) atoms. The van der Waals surface area contributed by atoms with Gasteiger partial charge >= 0.3 is 0 Å². The highest BCUT2D eigenvalue weighted by atomic mass is 16.5. The van der Waals surface area contributed by atoms with Crippen LogP contribution in [0.4, 0.5) is 5.82 Å². The molecule has 6 heteroatoms. The number of anilines is 1. The summed E-state index contributed by atoms with van der Waals surface area (Å²) < 4.78 is 7.13. The maximum Gasteiger partial charge on any atom is 0.226 e. The summed E-state index contributed by atoms with van der Waals surface area (Å²) in [6.45, 7) is 4.66. The highest BCUT2D eigenvalue weighted by Gasteiger charge is 2.33. The molecule has 3 aromatic rings. The van der Waals surface area contributed by atoms with E-state index in [-0.39, 0.29) is 11.8 Å². The zero-order chi connectivity index (χ0) is 19.0. The Hall–Kier alpha value is -3.15. The Morgan fingerprint density at radius 1 is 1.22 bits per heavy atom. The predicted molar refractivity (Wildman–Crippen MR) is 103 cm³/mol. The molecular weight excluding hydrogens is 340 g/mol. The average molecular weight is 362 g/mol. The maximum atomic E-state index is 12.4. The number of hydrogen-bond acceptors (Lipinski definition) is 4. The third-order valence-electron chi connectivity index (χ3n) is 4.90. The van der Waals surface area contributed by atoms with E-state index in [2.05, 4.69) is 35.4 Å². The van der Waals surface area contributed by atoms with Gasteiger partial charge in [-0.25, -0.2) is 9.67 Å². The van der Waals surface area contributed by atoms with Crippen molar-refractivity contribution in [3.05, 3.63) is 70.5 Å². The molecule has 1 atom stereocenters. The van der Waals surface area contributed by atoms with Gasteiger partial charge in [-0.05, 0) is 25.5 Å². The van der Waals surface area contributed by atoms with Crippen LogP contribution >= 0.6 is 0 Å². The average Bonchev–Trinajstić information content (AvgIpc) is 2.96. The lowest BCUT2D eigenvalue weighted by Gasteiger charge is -2.24. The molecule has 0 saturated carbocycles. The number of nitrogens with one attached hydrogen (secondary N) is 1. The fraction of sp³-hybridized carbons (Fsp3) is 0.286. The number of carbonyl (C=O) groups excluding carboxylic acids is 1. The molecule has 1 aliphatic heterocycles. The minimum atomic E-state index is -0.130. The van der Waals surface area contributed by atoms with E-state index in [0.29, 0.717) is 18.8 Å². The first kappa shape index (κ1) is 17.3. The lowest BCUT2D eigenvalue weighted by atomic mass is 9.89. The van der Waals surface area contributed by atoms with Gasteiger partial charge in [0.25, 0.3) is 0 Å². The zero-order valence-corrected chi connectivity index (χ0v) is 15.7. The number of pyridine rings is 1. The second-order valence-corrected chi connectivity index (χ2v) is 6.90. The molecule has 1 aliphatic rings. The van der Waals surface area contributed by atoms with Crippen molar-refractivity contribution in [2.45, 2.75) is 32.7 Å². The monoisotopic (exact) mass is 362 g/mol. The Morgan fingerprint density at radius 2 is 2.04 bits per heavy atom. The molecule has 0 aliphatic carbocycles. The van der Waals surface area contributed by atoms with Crippen LogP contribution in [0.5, 0.6) is 5.88 Å². The van der Waals surface area contributed by atoms with E-state index in [1.54, 1.807) is 13.2 Å². The number of rotatable bonds is 4. The molecule has 1 aromatic carbocycles. The molecule has 1 amide bonds. The summed E-state index contributed by atoms with van der Waals surface area (Å²) in [5.74, 6) is 1.15. The Balaban J connectivity index is 1.76. The SMILES string of the molecule is COc1cccc(C2CC(=O)Nc3c2c(C)nn3Cc2cccc(C)c2)n1. The number of amides is 1. The lowest BCUT2D eigenvalue weighted by molar-refractivity contribution is -0.116. The predicted octanol–water partition coefficient (Wildman–Crippen LogP) is 3.43. The van der Waals surface area contributed by atoms with Crippen molar-refractivity contribution >= 4 is 11.7 Å². The summed E-state index contributed by atoms with van der Waals surface area (Å²) in [4.78, 5) is 17.0. The van der Waals surface area contributed by atoms with Crippen LogP contribution in [0.25, 0.3) is 0 Å². The van der Waals surface area contributed by atoms with Crippen LogP contribution in [0, 0.1) is 13.8 Å². The smallest absolute Gasteiger partial charge is 0.226 e. The minimum absolute atomic E-state index is 0.0255. The van der Waals surface area contributed by atoms with E-state index >= 15 is 0 Å². The summed E-state index contributed by atoms with van der Waals surface area (Å²) >= 11 is 0. The third-order valence-corrected chi connectivity index (χ3v) is 4.90. The number of aryl methyl sites for hydroxylation is 2. The van der Waals surface area contributed by atoms with Gasteiger partial charge in [-0.2, -0.15) is 5.10 Å². The maximum absolute atomic E-state index is 12.4. The first-order valence-electron chi connectivity index (χ1n) is 8.99. The van der Waals surface area contributed by atoms with Gasteiger partial charge in [-0.1, -0.05) is 35.9 Å². The van der Waals surface area contributed by atoms with Crippen molar-refractivity contribution in [3.8, 4) is 5.88 Å². The topological polar surface area (TPSA) is 69.0 Å². The second-order valence-electron chi connectivity index (χ2n) is 6.90. The fourth-order valence-corrected chi connectivity index (χ4v) is 3.70. The van der Waals surface area contributed by atoms with Crippen molar-refractivity contribution < 1.29 is 9.53 Å². The summed E-state index contributed by atoms with van der Waals surface area (Å²) in [6.07, 6.45) is 0.351. The van der Waals surface area contributed by atoms with Crippen LogP contribution < -0.4 is 10.1 Å². The molecule has 0 bridgehead atoms. The highest BCUT2D eigenvalue weighted by molar-refractivity contribution is 5.94. The zero-order valence-electron chi connectivity index (χ0n) is 15.7. The van der Waals surface area contributed by atoms with E-state index in [0.717, 1.165) is 28.3 Å². The van der Waals surface area contributed by atoms with Gasteiger partial charge in [0.15, 0.2) is 0 Å². The van der Waals surface area contributed by atoms with Gasteiger partial charge in [-0.3, -0.25) is 4.79 Å². The molecule has 0 saturated heterocycles. The number of carbonyl (C=O) groups is 1. The molecule has 138 valence electrons. The van der Waals surface area contributed by atoms with Gasteiger partial charge in [0, 0.05) is 24.0 Å². The molecule has 2 aromatic heterocycles. The third kappa shape index (κ3) is 3.30. The van der Waals surface area contributed by atoms with Crippen LogP contribution in [0.1, 0.15) is 40.4 Å². The van der Waals surface area contributed by atoms with Gasteiger partial charge in [0.1, 0.15) is 5.82 Å². The largest absolute Gasteiger partial charge is 0.481 e. The molecule has 3 heterocycles. The number of benzene rings is 1. The number of nitrogens with zero attached hydrogens (tertiary/aromatic N) is 3. The number of fused-ring (bicyclic) bond motifs is 1. The van der Waals surface area contributed by atoms with E-state index in [1.165, 1.54) is 5.56 Å². The van der Waals surface area contributed by atoms with Crippen LogP contribution in [-0.4, -0.2) is 27.8 Å². The van der Waals surface area contributed by atoms with E-state index in [9.17, 15) is 4.79 Å². The first-order chi connectivity index (χ1) is 13.0. The Morgan fingerprint density at radius 3 is 2.81 bits per heavy atom. The first-order valence-corrected chi connectivity index (χ1v) is 8.99. The highest BCUT2D eigenvalue weighted by Crippen LogP contribution is 2.39. The molecule has 0 fully saturated rings. The van der Waals surface area contributed by atoms with Crippen LogP contribution in [0.2, 0.25) is 0 Å². The molecule has 1 unspecified atom stereocenters. The summed E-state index contributed by atoms with van der Waals surface area (Å²) in [7, 11) is 1.59. The van der Waals surface area contributed by atoms with Crippen molar-refractivity contribution in [1.82, 2.24) is 14.8 Å². The van der Waals surface area contributed by atoms with Crippen molar-refractivity contribution in [1.29, 1.82) is 0 Å². The molecular formula is C21H22N4O2. The second kappa shape index (κ2) is 6.87. The Kier molecular flexibility index (Phi) is 4.39. The summed E-state index contributed by atoms with van der Waals surface area (Å²) in [5.41, 5.74) is 5.11. The molecule has 6 nitrogen and oxygen atoms in total. The quantitative estimate of drug-likeness (QED) is 0.772. The molecule has 0 radical (unpaired) electrons. The normalized spacial score (nSPS) is 16.0. The molecule has 1 N–H and O–H groups in total. The van der Waals surface area contributed by atoms with Crippen LogP contribution in [-0.2, 0) is 11.3 Å². The molecule has 0 spiro atoms. The van der Waals surface area contributed by atoms with Crippen molar-refractivity contribution in [3.63, 3.8) is 0 Å². The fourth-order valence-electron chi connectivity index (χ4n) is 3.70. The Labute approximate surface area is 158 Å². The number of methoxy groups -OCH3 is 1. The van der Waals surface area contributed by atoms with Gasteiger partial charge in [0.05, 0.1) is 25.0 Å². The van der Waals surface area contributed by atoms with Gasteiger partial charge < -0.3 is 10.1 Å². The van der Waals surface area contributed by atoms with Crippen molar-refractivity contribution in [2.24, 2.45) is 0 Å². The van der Waals surface area contributed by atoms with E-state index < -0.39 is 0 Å². The lowest BCUT2D eigenvalue weighted by Crippen LogP contribution is -2.25. The van der Waals surface area contributed by atoms with Gasteiger partial charge in [-0.15, -0.1) is 0 Å². The van der Waals surface area contributed by atoms with Crippen molar-refractivity contribution in [2.75, 3.05) is 12.4 Å². The van der Waals surface area contributed by atoms with Crippen LogP contribution in [0.3, 0.4) is 0 Å². The standard InChI is InChI=1S/C21H22N4O2/c1-13-6-4-7-15(10-13)12-25-21-20(14(2)24-25)16(11-18(26)23-21)17-8-5-9-19(22-17)27-3/h4-10,16H,11-12H2,1-3H3,(H,23,26). The van der Waals surface area contributed by atoms with E-state index in [1.807, 2.05) is 29.8 Å². The van der Waals surface area contributed by atoms with Crippen LogP contribution in [0.15, 0.2) is 42.5 Å². The number of aromatic nitrogens is 3. The summed E-state index contributed by atoms with van der Waals surface area (Å²) in [6, 6.07) is 14.0. The number of ether oxygens (including phenoxy) is 1. The van der Waals surface area contributed by atoms with Gasteiger partial charge in [0.2, 0.25) is 11.8 Å². The number of hydrogen-bond donors (Lipinski definition) is 1. The molecule has 4 rings (SSSR count). The van der Waals surface area contributed by atoms with E-state index in [4.69, 9.17) is 9.84 Å².